The lowest BCUT2D eigenvalue weighted by atomic mass is 10.1. The van der Waals surface area contributed by atoms with E-state index in [9.17, 15) is 14.0 Å². The minimum atomic E-state index is -0.392. The molecular formula is C26H23FN4O2S. The SMILES string of the molecule is Cc1ccc(NC(=O)Cc2nnc(SCC(=O)c3ccc(F)cc3)n2-c2ccccc2)c(C)c1. The number of thioether (sulfide) groups is 1. The number of aromatic nitrogens is 3. The van der Waals surface area contributed by atoms with Gasteiger partial charge in [0.25, 0.3) is 0 Å². The quantitative estimate of drug-likeness (QED) is 0.281. The number of aryl methyl sites for hydroxylation is 2. The lowest BCUT2D eigenvalue weighted by Gasteiger charge is -2.11. The Morgan fingerprint density at radius 3 is 2.41 bits per heavy atom. The predicted molar refractivity (Wildman–Crippen MR) is 131 cm³/mol. The number of nitrogens with zero attached hydrogens (tertiary/aromatic N) is 3. The monoisotopic (exact) mass is 474 g/mol. The molecule has 0 saturated heterocycles. The van der Waals surface area contributed by atoms with Crippen molar-refractivity contribution in [2.24, 2.45) is 0 Å². The molecule has 6 nitrogen and oxygen atoms in total. The van der Waals surface area contributed by atoms with Crippen molar-refractivity contribution in [1.29, 1.82) is 0 Å². The van der Waals surface area contributed by atoms with E-state index in [1.54, 1.807) is 4.57 Å². The summed E-state index contributed by atoms with van der Waals surface area (Å²) in [6, 6.07) is 20.7. The molecule has 0 radical (unpaired) electrons. The van der Waals surface area contributed by atoms with E-state index >= 15 is 0 Å². The molecular weight excluding hydrogens is 451 g/mol. The molecule has 0 spiro atoms. The first-order valence-corrected chi connectivity index (χ1v) is 11.7. The van der Waals surface area contributed by atoms with Crippen LogP contribution < -0.4 is 5.32 Å². The van der Waals surface area contributed by atoms with Crippen LogP contribution in [-0.4, -0.2) is 32.2 Å². The molecule has 0 atom stereocenters. The molecule has 0 aliphatic rings. The van der Waals surface area contributed by atoms with Gasteiger partial charge in [0, 0.05) is 16.9 Å². The maximum absolute atomic E-state index is 13.2. The number of ketones is 1. The molecule has 4 rings (SSSR count). The van der Waals surface area contributed by atoms with Crippen LogP contribution in [-0.2, 0) is 11.2 Å². The molecule has 172 valence electrons. The summed E-state index contributed by atoms with van der Waals surface area (Å²) in [7, 11) is 0. The van der Waals surface area contributed by atoms with Gasteiger partial charge in [0.2, 0.25) is 5.91 Å². The highest BCUT2D eigenvalue weighted by Crippen LogP contribution is 2.24. The van der Waals surface area contributed by atoms with Gasteiger partial charge in [-0.3, -0.25) is 14.2 Å². The molecule has 0 aliphatic carbocycles. The van der Waals surface area contributed by atoms with E-state index in [1.165, 1.54) is 36.0 Å². The minimum absolute atomic E-state index is 0.0156. The van der Waals surface area contributed by atoms with Crippen LogP contribution in [0.15, 0.2) is 78.0 Å². The fourth-order valence-electron chi connectivity index (χ4n) is 3.49. The number of amides is 1. The highest BCUT2D eigenvalue weighted by Gasteiger charge is 2.19. The molecule has 4 aromatic rings. The van der Waals surface area contributed by atoms with Crippen molar-refractivity contribution in [2.45, 2.75) is 25.4 Å². The standard InChI is InChI=1S/C26H23FN4O2S/c1-17-8-13-22(18(2)14-17)28-25(33)15-24-29-30-26(31(24)21-6-4-3-5-7-21)34-16-23(32)19-9-11-20(27)12-10-19/h3-14H,15-16H2,1-2H3,(H,28,33). The van der Waals surface area contributed by atoms with Crippen molar-refractivity contribution >= 4 is 29.1 Å². The summed E-state index contributed by atoms with van der Waals surface area (Å²) in [4.78, 5) is 25.4. The fourth-order valence-corrected chi connectivity index (χ4v) is 4.35. The number of halogens is 1. The molecule has 0 aliphatic heterocycles. The summed E-state index contributed by atoms with van der Waals surface area (Å²) < 4.78 is 14.9. The number of hydrogen-bond acceptors (Lipinski definition) is 5. The smallest absolute Gasteiger partial charge is 0.232 e. The molecule has 34 heavy (non-hydrogen) atoms. The number of Topliss-reactive ketones (excluding diaryl/α,β-unsaturated/α-hetero) is 1. The van der Waals surface area contributed by atoms with Crippen LogP contribution in [0.4, 0.5) is 10.1 Å². The van der Waals surface area contributed by atoms with Crippen LogP contribution in [0.3, 0.4) is 0 Å². The summed E-state index contributed by atoms with van der Waals surface area (Å²) in [6.07, 6.45) is 0.0156. The second-order valence-electron chi connectivity index (χ2n) is 7.83. The first-order valence-electron chi connectivity index (χ1n) is 10.7. The number of carbonyl (C=O) groups is 2. The number of nitrogens with one attached hydrogen (secondary N) is 1. The molecule has 0 saturated carbocycles. The number of rotatable bonds is 8. The zero-order valence-corrected chi connectivity index (χ0v) is 19.6. The van der Waals surface area contributed by atoms with E-state index in [4.69, 9.17) is 0 Å². The van der Waals surface area contributed by atoms with Gasteiger partial charge in [0.15, 0.2) is 10.9 Å². The Balaban J connectivity index is 1.54. The van der Waals surface area contributed by atoms with Crippen molar-refractivity contribution in [3.8, 4) is 5.69 Å². The Morgan fingerprint density at radius 2 is 1.71 bits per heavy atom. The van der Waals surface area contributed by atoms with E-state index in [0.29, 0.717) is 16.5 Å². The number of hydrogen-bond donors (Lipinski definition) is 1. The minimum Gasteiger partial charge on any atom is -0.325 e. The molecule has 8 heteroatoms. The summed E-state index contributed by atoms with van der Waals surface area (Å²) >= 11 is 1.22. The van der Waals surface area contributed by atoms with Crippen molar-refractivity contribution in [2.75, 3.05) is 11.1 Å². The zero-order valence-electron chi connectivity index (χ0n) is 18.8. The molecule has 1 aromatic heterocycles. The van der Waals surface area contributed by atoms with Crippen LogP contribution >= 0.6 is 11.8 Å². The average molecular weight is 475 g/mol. The van der Waals surface area contributed by atoms with E-state index in [-0.39, 0.29) is 23.9 Å². The lowest BCUT2D eigenvalue weighted by Crippen LogP contribution is -2.18. The summed E-state index contributed by atoms with van der Waals surface area (Å²) in [5, 5.41) is 11.9. The Labute approximate surface area is 201 Å². The van der Waals surface area contributed by atoms with Crippen molar-refractivity contribution in [1.82, 2.24) is 14.8 Å². The van der Waals surface area contributed by atoms with Gasteiger partial charge in [-0.1, -0.05) is 47.7 Å². The lowest BCUT2D eigenvalue weighted by molar-refractivity contribution is -0.115. The topological polar surface area (TPSA) is 76.9 Å². The Bertz CT molecular complexity index is 1320. The fraction of sp³-hybridized carbons (Fsp3) is 0.154. The van der Waals surface area contributed by atoms with E-state index in [0.717, 1.165) is 22.5 Å². The number of anilines is 1. The third-order valence-corrected chi connectivity index (χ3v) is 6.12. The van der Waals surface area contributed by atoms with Crippen LogP contribution in [0.1, 0.15) is 27.3 Å². The maximum Gasteiger partial charge on any atom is 0.232 e. The van der Waals surface area contributed by atoms with Crippen LogP contribution in [0.2, 0.25) is 0 Å². The highest BCUT2D eigenvalue weighted by molar-refractivity contribution is 7.99. The molecule has 0 fully saturated rings. The molecule has 0 unspecified atom stereocenters. The maximum atomic E-state index is 13.2. The van der Waals surface area contributed by atoms with E-state index in [2.05, 4.69) is 15.5 Å². The van der Waals surface area contributed by atoms with Crippen LogP contribution in [0.25, 0.3) is 5.69 Å². The third kappa shape index (κ3) is 5.58. The summed E-state index contributed by atoms with van der Waals surface area (Å²) in [5.41, 5.74) is 4.07. The molecule has 3 aromatic carbocycles. The predicted octanol–water partition coefficient (Wildman–Crippen LogP) is 5.18. The van der Waals surface area contributed by atoms with Crippen molar-refractivity contribution in [3.63, 3.8) is 0 Å². The molecule has 1 amide bonds. The molecule has 1 heterocycles. The van der Waals surface area contributed by atoms with Gasteiger partial charge in [-0.2, -0.15) is 0 Å². The van der Waals surface area contributed by atoms with Gasteiger partial charge in [0.05, 0.1) is 12.2 Å². The van der Waals surface area contributed by atoms with Gasteiger partial charge >= 0.3 is 0 Å². The second kappa shape index (κ2) is 10.4. The third-order valence-electron chi connectivity index (χ3n) is 5.19. The van der Waals surface area contributed by atoms with Crippen LogP contribution in [0.5, 0.6) is 0 Å². The normalized spacial score (nSPS) is 10.8. The first kappa shape index (κ1) is 23.4. The Kier molecular flexibility index (Phi) is 7.18. The largest absolute Gasteiger partial charge is 0.325 e. The second-order valence-corrected chi connectivity index (χ2v) is 8.77. The number of carbonyl (C=O) groups excluding carboxylic acids is 2. The van der Waals surface area contributed by atoms with Crippen LogP contribution in [0, 0.1) is 19.7 Å². The van der Waals surface area contributed by atoms with Gasteiger partial charge in [0.1, 0.15) is 11.6 Å². The molecule has 0 bridgehead atoms. The van der Waals surface area contributed by atoms with Gasteiger partial charge in [-0.25, -0.2) is 4.39 Å². The average Bonchev–Trinajstić information content (AvgIpc) is 3.22. The van der Waals surface area contributed by atoms with Gasteiger partial charge < -0.3 is 5.32 Å². The summed E-state index contributed by atoms with van der Waals surface area (Å²) in [6.45, 7) is 3.95. The Hall–Kier alpha value is -3.78. The number of benzene rings is 3. The first-order chi connectivity index (χ1) is 16.4. The van der Waals surface area contributed by atoms with Gasteiger partial charge in [-0.15, -0.1) is 10.2 Å². The number of para-hydroxylation sites is 1. The van der Waals surface area contributed by atoms with E-state index in [1.807, 2.05) is 62.4 Å². The van der Waals surface area contributed by atoms with Crippen molar-refractivity contribution < 1.29 is 14.0 Å². The van der Waals surface area contributed by atoms with E-state index < -0.39 is 5.82 Å². The highest BCUT2D eigenvalue weighted by atomic mass is 32.2. The van der Waals surface area contributed by atoms with Crippen molar-refractivity contribution in [3.05, 3.63) is 101 Å². The molecule has 1 N–H and O–H groups in total. The Morgan fingerprint density at radius 1 is 0.971 bits per heavy atom. The zero-order chi connectivity index (χ0) is 24.1. The summed E-state index contributed by atoms with van der Waals surface area (Å²) in [5.74, 6) is -0.190. The van der Waals surface area contributed by atoms with Gasteiger partial charge in [-0.05, 0) is 61.9 Å².